The monoisotopic (exact) mass is 648 g/mol. The van der Waals surface area contributed by atoms with Gasteiger partial charge in [0.2, 0.25) is 5.88 Å². The van der Waals surface area contributed by atoms with Gasteiger partial charge >= 0.3 is 6.36 Å². The molecule has 1 aromatic heterocycles. The van der Waals surface area contributed by atoms with E-state index < -0.39 is 12.2 Å². The lowest BCUT2D eigenvalue weighted by Crippen LogP contribution is -2.42. The van der Waals surface area contributed by atoms with Crippen LogP contribution in [0.3, 0.4) is 0 Å². The number of likely N-dealkylation sites (tertiary alicyclic amines) is 1. The fourth-order valence-electron chi connectivity index (χ4n) is 5.38. The number of amides is 1. The van der Waals surface area contributed by atoms with E-state index in [9.17, 15) is 22.4 Å². The van der Waals surface area contributed by atoms with Gasteiger partial charge in [0, 0.05) is 81.3 Å². The molecule has 246 valence electrons. The van der Waals surface area contributed by atoms with Crippen molar-refractivity contribution >= 4 is 17.3 Å². The van der Waals surface area contributed by atoms with Crippen LogP contribution < -0.4 is 19.7 Å². The van der Waals surface area contributed by atoms with Gasteiger partial charge < -0.3 is 24.6 Å². The molecule has 1 amide bonds. The Morgan fingerprint density at radius 2 is 1.72 bits per heavy atom. The molecule has 2 heterocycles. The van der Waals surface area contributed by atoms with Gasteiger partial charge in [0.25, 0.3) is 5.91 Å². The molecule has 5 rings (SSSR count). The van der Waals surface area contributed by atoms with Crippen molar-refractivity contribution in [1.29, 1.82) is 0 Å². The highest BCUT2D eigenvalue weighted by Gasteiger charge is 2.31. The van der Waals surface area contributed by atoms with E-state index in [1.807, 2.05) is 19.0 Å². The molecule has 4 aromatic rings. The second kappa shape index (κ2) is 14.6. The Bertz CT molecular complexity index is 1680. The first-order valence-electron chi connectivity index (χ1n) is 15.2. The van der Waals surface area contributed by atoms with Crippen LogP contribution in [0.4, 0.5) is 23.2 Å². The average Bonchev–Trinajstić information content (AvgIpc) is 3.04. The molecule has 1 aliphatic heterocycles. The number of nitrogens with one attached hydrogen (secondary N) is 1. The highest BCUT2D eigenvalue weighted by molar-refractivity contribution is 5.99. The van der Waals surface area contributed by atoms with E-state index >= 15 is 0 Å². The number of carbonyl (C=O) groups is 1. The maximum atomic E-state index is 14.3. The molecular formula is C36H36F4N4O3. The Hall–Kier alpha value is -5.06. The number of hydrogen-bond acceptors (Lipinski definition) is 6. The lowest BCUT2D eigenvalue weighted by Gasteiger charge is -2.32. The Kier molecular flexibility index (Phi) is 10.3. The summed E-state index contributed by atoms with van der Waals surface area (Å²) in [6, 6.07) is 21.4. The summed E-state index contributed by atoms with van der Waals surface area (Å²) in [5.41, 5.74) is 4.75. The van der Waals surface area contributed by atoms with Crippen molar-refractivity contribution < 1.29 is 31.8 Å². The Labute approximate surface area is 271 Å². The van der Waals surface area contributed by atoms with Crippen molar-refractivity contribution in [3.63, 3.8) is 0 Å². The minimum absolute atomic E-state index is 0.198. The first-order chi connectivity index (χ1) is 22.4. The minimum atomic E-state index is -4.78. The van der Waals surface area contributed by atoms with Gasteiger partial charge in [0.1, 0.15) is 17.7 Å². The maximum absolute atomic E-state index is 14.3. The molecule has 47 heavy (non-hydrogen) atoms. The molecule has 0 bridgehead atoms. The molecule has 11 heteroatoms. The average molecular weight is 649 g/mol. The van der Waals surface area contributed by atoms with Gasteiger partial charge in [-0.05, 0) is 66.1 Å². The first kappa shape index (κ1) is 33.3. The maximum Gasteiger partial charge on any atom is 0.573 e. The topological polar surface area (TPSA) is 66.9 Å². The van der Waals surface area contributed by atoms with Crippen molar-refractivity contribution in [1.82, 2.24) is 15.2 Å². The van der Waals surface area contributed by atoms with Crippen molar-refractivity contribution in [3.05, 3.63) is 114 Å². The number of ether oxygens (including phenoxy) is 2. The number of alkyl halides is 3. The largest absolute Gasteiger partial charge is 0.573 e. The smallest absolute Gasteiger partial charge is 0.474 e. The van der Waals surface area contributed by atoms with Crippen LogP contribution in [-0.2, 0) is 6.42 Å². The number of hydrogen-bond donors (Lipinski definition) is 1. The molecular weight excluding hydrogens is 612 g/mol. The van der Waals surface area contributed by atoms with Crippen LogP contribution in [0.5, 0.6) is 11.6 Å². The lowest BCUT2D eigenvalue weighted by atomic mass is 10.0. The summed E-state index contributed by atoms with van der Waals surface area (Å²) >= 11 is 0. The summed E-state index contributed by atoms with van der Waals surface area (Å²) in [5, 5.41) is 3.29. The quantitative estimate of drug-likeness (QED) is 0.172. The number of rotatable bonds is 11. The number of anilines is 1. The molecule has 3 aromatic carbocycles. The summed E-state index contributed by atoms with van der Waals surface area (Å²) in [7, 11) is 3.98. The third-order valence-corrected chi connectivity index (χ3v) is 7.90. The van der Waals surface area contributed by atoms with Gasteiger partial charge in [0.05, 0.1) is 5.56 Å². The molecule has 0 saturated carbocycles. The van der Waals surface area contributed by atoms with E-state index in [1.54, 1.807) is 29.2 Å². The van der Waals surface area contributed by atoms with Crippen molar-refractivity contribution in [3.8, 4) is 22.8 Å². The molecule has 7 nitrogen and oxygen atoms in total. The zero-order chi connectivity index (χ0) is 33.6. The predicted octanol–water partition coefficient (Wildman–Crippen LogP) is 7.34. The van der Waals surface area contributed by atoms with Crippen LogP contribution in [0.25, 0.3) is 16.8 Å². The Morgan fingerprint density at radius 3 is 2.38 bits per heavy atom. The molecule has 1 N–H and O–H groups in total. The molecule has 0 radical (unpaired) electrons. The van der Waals surface area contributed by atoms with E-state index in [1.165, 1.54) is 36.5 Å². The second-order valence-electron chi connectivity index (χ2n) is 11.5. The van der Waals surface area contributed by atoms with Crippen molar-refractivity contribution in [2.75, 3.05) is 38.6 Å². The highest BCUT2D eigenvalue weighted by Crippen LogP contribution is 2.29. The molecule has 0 spiro atoms. The highest BCUT2D eigenvalue weighted by atomic mass is 19.4. The summed E-state index contributed by atoms with van der Waals surface area (Å²) < 4.78 is 62.1. The third kappa shape index (κ3) is 9.02. The van der Waals surface area contributed by atoms with Crippen LogP contribution in [0.1, 0.15) is 34.3 Å². The summed E-state index contributed by atoms with van der Waals surface area (Å²) in [5.74, 6) is -0.730. The van der Waals surface area contributed by atoms with Gasteiger partial charge in [-0.3, -0.25) is 4.79 Å². The number of halogens is 4. The van der Waals surface area contributed by atoms with Gasteiger partial charge in [0.15, 0.2) is 0 Å². The van der Waals surface area contributed by atoms with Crippen LogP contribution in [0, 0.1) is 5.82 Å². The molecule has 1 aliphatic rings. The number of carbonyl (C=O) groups excluding carboxylic acids is 1. The number of benzene rings is 3. The van der Waals surface area contributed by atoms with E-state index in [0.29, 0.717) is 60.7 Å². The number of aromatic nitrogens is 1. The van der Waals surface area contributed by atoms with Gasteiger partial charge in [-0.2, -0.15) is 0 Å². The van der Waals surface area contributed by atoms with Crippen LogP contribution in [0.15, 0.2) is 91.6 Å². The Morgan fingerprint density at radius 1 is 0.979 bits per heavy atom. The zero-order valence-corrected chi connectivity index (χ0v) is 26.2. The zero-order valence-electron chi connectivity index (χ0n) is 26.2. The standard InChI is InChI=1S/C36H36F4N4O3/c1-24(41-18-15-25-7-11-29(12-8-25)43(2)3)32-13-10-28(37)22-33(32)35(45)44-19-16-30(17-20-44)46-34-14-9-27(23-42-34)26-5-4-6-31(21-26)47-36(38,39)40/h4-14,21-23,30,41H,1,15-20H2,2-3H3. The predicted molar refractivity (Wildman–Crippen MR) is 174 cm³/mol. The summed E-state index contributed by atoms with van der Waals surface area (Å²) in [6.45, 7) is 5.54. The van der Waals surface area contributed by atoms with Gasteiger partial charge in [-0.15, -0.1) is 13.2 Å². The SMILES string of the molecule is C=C(NCCc1ccc(N(C)C)cc1)c1ccc(F)cc1C(=O)N1CCC(Oc2ccc(-c3cccc(OC(F)(F)F)c3)cn2)CC1. The molecule has 0 atom stereocenters. The molecule has 0 unspecified atom stereocenters. The normalized spacial score (nSPS) is 13.6. The third-order valence-electron chi connectivity index (χ3n) is 7.90. The van der Waals surface area contributed by atoms with Crippen LogP contribution >= 0.6 is 0 Å². The number of piperidine rings is 1. The van der Waals surface area contributed by atoms with Crippen molar-refractivity contribution in [2.45, 2.75) is 31.7 Å². The molecule has 1 saturated heterocycles. The lowest BCUT2D eigenvalue weighted by molar-refractivity contribution is -0.274. The molecule has 1 fully saturated rings. The van der Waals surface area contributed by atoms with Gasteiger partial charge in [-0.1, -0.05) is 30.8 Å². The fourth-order valence-corrected chi connectivity index (χ4v) is 5.38. The summed E-state index contributed by atoms with van der Waals surface area (Å²) in [6.07, 6.45) is -1.61. The van der Waals surface area contributed by atoms with E-state index in [2.05, 4.69) is 45.9 Å². The van der Waals surface area contributed by atoms with E-state index in [0.717, 1.165) is 17.7 Å². The van der Waals surface area contributed by atoms with Crippen LogP contribution in [0.2, 0.25) is 0 Å². The fraction of sp³-hybridized carbons (Fsp3) is 0.278. The van der Waals surface area contributed by atoms with Crippen molar-refractivity contribution in [2.24, 2.45) is 0 Å². The minimum Gasteiger partial charge on any atom is -0.474 e. The van der Waals surface area contributed by atoms with Crippen LogP contribution in [-0.4, -0.2) is 62.0 Å². The summed E-state index contributed by atoms with van der Waals surface area (Å²) in [4.78, 5) is 21.6. The number of pyridine rings is 1. The molecule has 0 aliphatic carbocycles. The Balaban J connectivity index is 1.14. The van der Waals surface area contributed by atoms with E-state index in [4.69, 9.17) is 4.74 Å². The second-order valence-corrected chi connectivity index (χ2v) is 11.5. The van der Waals surface area contributed by atoms with E-state index in [-0.39, 0.29) is 23.3 Å². The van der Waals surface area contributed by atoms with Gasteiger partial charge in [-0.25, -0.2) is 9.37 Å². The first-order valence-corrected chi connectivity index (χ1v) is 15.2. The number of nitrogens with zero attached hydrogens (tertiary/aromatic N) is 3.